The Labute approximate surface area is 112 Å². The lowest BCUT2D eigenvalue weighted by atomic mass is 10.4. The van der Waals surface area contributed by atoms with Crippen LogP contribution in [0.4, 0.5) is 4.79 Å². The van der Waals surface area contributed by atoms with Crippen molar-refractivity contribution in [2.45, 2.75) is 13.5 Å². The molecule has 0 aliphatic heterocycles. The molecule has 0 aliphatic carbocycles. The smallest absolute Gasteiger partial charge is 0.323 e. The average Bonchev–Trinajstić information content (AvgIpc) is 2.69. The van der Waals surface area contributed by atoms with Gasteiger partial charge in [0.25, 0.3) is 0 Å². The highest BCUT2D eigenvalue weighted by Gasteiger charge is 2.19. The zero-order valence-electron chi connectivity index (χ0n) is 10.1. The van der Waals surface area contributed by atoms with E-state index in [0.29, 0.717) is 4.90 Å². The molecule has 0 radical (unpaired) electrons. The van der Waals surface area contributed by atoms with Gasteiger partial charge in [0.05, 0.1) is 17.7 Å². The molecule has 0 atom stereocenters. The van der Waals surface area contributed by atoms with Crippen LogP contribution in [-0.2, 0) is 16.1 Å². The Bertz CT molecular complexity index is 471. The Morgan fingerprint density at radius 1 is 1.32 bits per heavy atom. The number of hydrogen-bond donors (Lipinski definition) is 3. The van der Waals surface area contributed by atoms with Crippen LogP contribution < -0.4 is 5.32 Å². The number of nitrogens with one attached hydrogen (secondary N) is 1. The molecule has 19 heavy (non-hydrogen) atoms. The minimum Gasteiger partial charge on any atom is -0.480 e. The minimum absolute atomic E-state index is 0.186. The first-order chi connectivity index (χ1) is 8.90. The van der Waals surface area contributed by atoms with Gasteiger partial charge in [-0.25, -0.2) is 9.78 Å². The minimum atomic E-state index is -1.27. The second-order valence-electron chi connectivity index (χ2n) is 3.66. The summed E-state index contributed by atoms with van der Waals surface area (Å²) in [5.74, 6) is -2.55. The molecular weight excluding hydrogens is 274 g/mol. The maximum absolute atomic E-state index is 11.7. The van der Waals surface area contributed by atoms with E-state index in [9.17, 15) is 14.4 Å². The standard InChI is InChI=1S/C10H13N3O5S/c1-6-7(19-5-12-6)2-11-10(18)13(3-8(14)15)4-9(16)17/h5H,2-4H2,1H3,(H,11,18)(H,14,15)(H,16,17). The Morgan fingerprint density at radius 2 is 1.89 bits per heavy atom. The van der Waals surface area contributed by atoms with Crippen molar-refractivity contribution in [2.75, 3.05) is 13.1 Å². The second-order valence-corrected chi connectivity index (χ2v) is 4.60. The van der Waals surface area contributed by atoms with Crippen LogP contribution in [-0.4, -0.2) is 51.2 Å². The maximum Gasteiger partial charge on any atom is 0.323 e. The highest BCUT2D eigenvalue weighted by Crippen LogP contribution is 2.11. The summed E-state index contributed by atoms with van der Waals surface area (Å²) in [7, 11) is 0. The molecule has 0 aliphatic rings. The van der Waals surface area contributed by atoms with E-state index in [4.69, 9.17) is 10.2 Å². The quantitative estimate of drug-likeness (QED) is 0.684. The van der Waals surface area contributed by atoms with Crippen LogP contribution >= 0.6 is 11.3 Å². The third kappa shape index (κ3) is 4.92. The second kappa shape index (κ2) is 6.69. The van der Waals surface area contributed by atoms with Crippen molar-refractivity contribution in [3.05, 3.63) is 16.1 Å². The van der Waals surface area contributed by atoms with E-state index in [-0.39, 0.29) is 6.54 Å². The summed E-state index contributed by atoms with van der Waals surface area (Å²) in [6.07, 6.45) is 0. The number of nitrogens with zero attached hydrogens (tertiary/aromatic N) is 2. The number of thiazole rings is 1. The summed E-state index contributed by atoms with van der Waals surface area (Å²) in [6.45, 7) is 0.634. The molecule has 0 unspecified atom stereocenters. The number of rotatable bonds is 6. The molecule has 0 fully saturated rings. The molecule has 104 valence electrons. The molecule has 0 saturated heterocycles. The lowest BCUT2D eigenvalue weighted by Crippen LogP contribution is -2.45. The lowest BCUT2D eigenvalue weighted by molar-refractivity contribution is -0.140. The summed E-state index contributed by atoms with van der Waals surface area (Å²) in [6, 6.07) is -0.738. The number of aromatic nitrogens is 1. The van der Waals surface area contributed by atoms with Gasteiger partial charge in [0.15, 0.2) is 0 Å². The highest BCUT2D eigenvalue weighted by atomic mass is 32.1. The largest absolute Gasteiger partial charge is 0.480 e. The number of carbonyl (C=O) groups is 3. The molecule has 1 aromatic rings. The van der Waals surface area contributed by atoms with E-state index in [2.05, 4.69) is 10.3 Å². The van der Waals surface area contributed by atoms with Gasteiger partial charge >= 0.3 is 18.0 Å². The van der Waals surface area contributed by atoms with E-state index in [1.807, 2.05) is 0 Å². The Kier molecular flexibility index (Phi) is 5.24. The number of aryl methyl sites for hydroxylation is 1. The fourth-order valence-corrected chi connectivity index (χ4v) is 2.01. The van der Waals surface area contributed by atoms with Crippen molar-refractivity contribution in [2.24, 2.45) is 0 Å². The van der Waals surface area contributed by atoms with Crippen molar-refractivity contribution in [3.8, 4) is 0 Å². The molecule has 0 spiro atoms. The summed E-state index contributed by atoms with van der Waals surface area (Å²) < 4.78 is 0. The molecule has 3 N–H and O–H groups in total. The molecule has 9 heteroatoms. The van der Waals surface area contributed by atoms with Gasteiger partial charge in [-0.05, 0) is 6.92 Å². The van der Waals surface area contributed by atoms with E-state index >= 15 is 0 Å². The molecule has 1 rings (SSSR count). The topological polar surface area (TPSA) is 120 Å². The van der Waals surface area contributed by atoms with Crippen LogP contribution in [0.25, 0.3) is 0 Å². The number of carboxylic acids is 2. The number of amides is 2. The normalized spacial score (nSPS) is 9.95. The van der Waals surface area contributed by atoms with Gasteiger partial charge in [-0.15, -0.1) is 11.3 Å². The molecule has 2 amide bonds. The van der Waals surface area contributed by atoms with Gasteiger partial charge < -0.3 is 20.4 Å². The first-order valence-electron chi connectivity index (χ1n) is 5.25. The van der Waals surface area contributed by atoms with Gasteiger partial charge in [0, 0.05) is 4.88 Å². The molecular formula is C10H13N3O5S. The summed E-state index contributed by atoms with van der Waals surface area (Å²) >= 11 is 1.35. The first kappa shape index (κ1) is 14.9. The van der Waals surface area contributed by atoms with Gasteiger partial charge in [0.2, 0.25) is 0 Å². The first-order valence-corrected chi connectivity index (χ1v) is 6.13. The van der Waals surface area contributed by atoms with E-state index < -0.39 is 31.1 Å². The van der Waals surface area contributed by atoms with E-state index in [1.54, 1.807) is 12.4 Å². The van der Waals surface area contributed by atoms with Crippen molar-refractivity contribution < 1.29 is 24.6 Å². The summed E-state index contributed by atoms with van der Waals surface area (Å²) in [5, 5.41) is 19.7. The van der Waals surface area contributed by atoms with Gasteiger partial charge in [-0.1, -0.05) is 0 Å². The predicted molar refractivity (Wildman–Crippen MR) is 65.9 cm³/mol. The zero-order valence-corrected chi connectivity index (χ0v) is 10.9. The zero-order chi connectivity index (χ0) is 14.4. The van der Waals surface area contributed by atoms with Crippen molar-refractivity contribution in [1.82, 2.24) is 15.2 Å². The highest BCUT2D eigenvalue weighted by molar-refractivity contribution is 7.09. The predicted octanol–water partition coefficient (Wildman–Crippen LogP) is 0.132. The summed E-state index contributed by atoms with van der Waals surface area (Å²) in [5.41, 5.74) is 2.40. The van der Waals surface area contributed by atoms with Crippen LogP contribution in [0.2, 0.25) is 0 Å². The monoisotopic (exact) mass is 287 g/mol. The van der Waals surface area contributed by atoms with Crippen LogP contribution in [0.15, 0.2) is 5.51 Å². The third-order valence-corrected chi connectivity index (χ3v) is 3.12. The van der Waals surface area contributed by atoms with E-state index in [1.165, 1.54) is 11.3 Å². The van der Waals surface area contributed by atoms with Crippen molar-refractivity contribution in [3.63, 3.8) is 0 Å². The van der Waals surface area contributed by atoms with Crippen LogP contribution in [0.1, 0.15) is 10.6 Å². The summed E-state index contributed by atoms with van der Waals surface area (Å²) in [4.78, 5) is 38.4. The molecule has 8 nitrogen and oxygen atoms in total. The Balaban J connectivity index is 2.58. The Morgan fingerprint density at radius 3 is 2.32 bits per heavy atom. The molecule has 0 aromatic carbocycles. The molecule has 1 aromatic heterocycles. The number of hydrogen-bond acceptors (Lipinski definition) is 5. The van der Waals surface area contributed by atoms with E-state index in [0.717, 1.165) is 10.6 Å². The van der Waals surface area contributed by atoms with Crippen molar-refractivity contribution in [1.29, 1.82) is 0 Å². The van der Waals surface area contributed by atoms with Crippen LogP contribution in [0.3, 0.4) is 0 Å². The molecule has 1 heterocycles. The average molecular weight is 287 g/mol. The van der Waals surface area contributed by atoms with Crippen LogP contribution in [0, 0.1) is 6.92 Å². The number of urea groups is 1. The lowest BCUT2D eigenvalue weighted by Gasteiger charge is -2.18. The SMILES string of the molecule is Cc1ncsc1CNC(=O)N(CC(=O)O)CC(=O)O. The third-order valence-electron chi connectivity index (χ3n) is 2.18. The van der Waals surface area contributed by atoms with Gasteiger partial charge in [0.1, 0.15) is 13.1 Å². The Hall–Kier alpha value is -2.16. The fraction of sp³-hybridized carbons (Fsp3) is 0.400. The molecule has 0 saturated carbocycles. The molecule has 0 bridgehead atoms. The van der Waals surface area contributed by atoms with Crippen LogP contribution in [0.5, 0.6) is 0 Å². The number of aliphatic carboxylic acids is 2. The fourth-order valence-electron chi connectivity index (χ4n) is 1.29. The van der Waals surface area contributed by atoms with Crippen molar-refractivity contribution >= 4 is 29.3 Å². The number of carboxylic acid groups (broad SMARTS) is 2. The van der Waals surface area contributed by atoms with Gasteiger partial charge in [-0.3, -0.25) is 9.59 Å². The van der Waals surface area contributed by atoms with Gasteiger partial charge in [-0.2, -0.15) is 0 Å². The number of carbonyl (C=O) groups excluding carboxylic acids is 1. The maximum atomic E-state index is 11.7.